The number of aromatic nitrogens is 1. The molecule has 3 fully saturated rings. The normalized spacial score (nSPS) is 22.7. The highest BCUT2D eigenvalue weighted by atomic mass is 32.1. The highest BCUT2D eigenvalue weighted by Crippen LogP contribution is 2.46. The first-order valence-corrected chi connectivity index (χ1v) is 13.4. The Kier molecular flexibility index (Phi) is 5.66. The zero-order valence-corrected chi connectivity index (χ0v) is 21.1. The van der Waals surface area contributed by atoms with E-state index in [4.69, 9.17) is 9.47 Å². The van der Waals surface area contributed by atoms with Gasteiger partial charge in [-0.05, 0) is 52.2 Å². The molecule has 3 aromatic rings. The van der Waals surface area contributed by atoms with Gasteiger partial charge in [-0.1, -0.05) is 17.2 Å². The van der Waals surface area contributed by atoms with Crippen molar-refractivity contribution in [3.05, 3.63) is 40.3 Å². The van der Waals surface area contributed by atoms with Crippen LogP contribution in [0.15, 0.2) is 23.6 Å². The fourth-order valence-corrected chi connectivity index (χ4v) is 7.15. The van der Waals surface area contributed by atoms with Crippen molar-refractivity contribution in [2.75, 3.05) is 37.9 Å². The second kappa shape index (κ2) is 8.70. The largest absolute Gasteiger partial charge is 0.369 e. The molecule has 0 unspecified atom stereocenters. The zero-order valence-electron chi connectivity index (χ0n) is 20.3. The zero-order chi connectivity index (χ0) is 23.4. The summed E-state index contributed by atoms with van der Waals surface area (Å²) < 4.78 is 13.8. The molecule has 0 spiro atoms. The standard InChI is InChI=1S/C27H33N3O3S/c1-4-30-24(19-11-17(2)10-18(3)12-19)25(28-8-6-5-7-9-28)23-20(15-34-27(23)30)26(31)29-13-21-22(14-29)33-16-32-21/h10-12,15,21-22H,4-9,13-14,16H2,1-3H3/t21-,22+. The Morgan fingerprint density at radius 3 is 2.35 bits per heavy atom. The molecule has 6 rings (SSSR count). The molecule has 0 radical (unpaired) electrons. The predicted octanol–water partition coefficient (Wildman–Crippen LogP) is 5.19. The maximum atomic E-state index is 13.8. The van der Waals surface area contributed by atoms with Gasteiger partial charge in [-0.25, -0.2) is 0 Å². The molecule has 0 saturated carbocycles. The van der Waals surface area contributed by atoms with Crippen LogP contribution in [-0.2, 0) is 16.0 Å². The van der Waals surface area contributed by atoms with Crippen LogP contribution < -0.4 is 4.90 Å². The maximum absolute atomic E-state index is 13.8. The van der Waals surface area contributed by atoms with E-state index in [1.165, 1.54) is 52.2 Å². The lowest BCUT2D eigenvalue weighted by Gasteiger charge is -2.30. The number of amides is 1. The summed E-state index contributed by atoms with van der Waals surface area (Å²) in [5.41, 5.74) is 7.13. The summed E-state index contributed by atoms with van der Waals surface area (Å²) >= 11 is 1.70. The van der Waals surface area contributed by atoms with E-state index in [9.17, 15) is 4.79 Å². The number of ether oxygens (including phenoxy) is 2. The van der Waals surface area contributed by atoms with Crippen LogP contribution >= 0.6 is 11.3 Å². The van der Waals surface area contributed by atoms with Crippen LogP contribution in [0.1, 0.15) is 47.7 Å². The summed E-state index contributed by atoms with van der Waals surface area (Å²) in [6.45, 7) is 11.1. The fraction of sp³-hybridized carbons (Fsp3) is 0.519. The van der Waals surface area contributed by atoms with E-state index in [1.807, 2.05) is 4.90 Å². The minimum atomic E-state index is 0.00529. The number of hydrogen-bond donors (Lipinski definition) is 0. The topological polar surface area (TPSA) is 46.9 Å². The van der Waals surface area contributed by atoms with Gasteiger partial charge in [-0.15, -0.1) is 11.3 Å². The molecule has 7 heteroatoms. The van der Waals surface area contributed by atoms with Gasteiger partial charge in [0, 0.05) is 36.0 Å². The SMILES string of the molecule is CCn1c(-c2cc(C)cc(C)c2)c(N2CCCCC2)c2c(C(=O)N3C[C@@H]4OCO[C@@H]4C3)csc21. The maximum Gasteiger partial charge on any atom is 0.255 e. The number of nitrogens with zero attached hydrogens (tertiary/aromatic N) is 3. The highest BCUT2D eigenvalue weighted by molar-refractivity contribution is 7.17. The molecule has 6 nitrogen and oxygen atoms in total. The molecule has 0 bridgehead atoms. The summed E-state index contributed by atoms with van der Waals surface area (Å²) in [5.74, 6) is 0.103. The van der Waals surface area contributed by atoms with Gasteiger partial charge in [0.1, 0.15) is 23.8 Å². The number of likely N-dealkylation sites (tertiary alicyclic amines) is 1. The van der Waals surface area contributed by atoms with Crippen molar-refractivity contribution in [1.29, 1.82) is 0 Å². The van der Waals surface area contributed by atoms with Crippen LogP contribution in [0.3, 0.4) is 0 Å². The molecule has 0 N–H and O–H groups in total. The van der Waals surface area contributed by atoms with Crippen LogP contribution in [0.5, 0.6) is 0 Å². The van der Waals surface area contributed by atoms with E-state index in [0.717, 1.165) is 30.6 Å². The molecule has 1 amide bonds. The van der Waals surface area contributed by atoms with E-state index in [1.54, 1.807) is 11.3 Å². The molecule has 2 atom stereocenters. The molecule has 3 aliphatic heterocycles. The number of aryl methyl sites for hydroxylation is 3. The van der Waals surface area contributed by atoms with Crippen LogP contribution in [-0.4, -0.2) is 60.6 Å². The lowest BCUT2D eigenvalue weighted by molar-refractivity contribution is 0.0152. The van der Waals surface area contributed by atoms with Crippen molar-refractivity contribution in [2.24, 2.45) is 0 Å². The van der Waals surface area contributed by atoms with Crippen LogP contribution in [0.25, 0.3) is 21.5 Å². The van der Waals surface area contributed by atoms with Crippen LogP contribution in [0.4, 0.5) is 5.69 Å². The first kappa shape index (κ1) is 22.1. The Morgan fingerprint density at radius 1 is 1.03 bits per heavy atom. The number of anilines is 1. The smallest absolute Gasteiger partial charge is 0.255 e. The molecule has 34 heavy (non-hydrogen) atoms. The van der Waals surface area contributed by atoms with Gasteiger partial charge < -0.3 is 23.8 Å². The molecule has 3 saturated heterocycles. The fourth-order valence-electron chi connectivity index (χ4n) is 6.03. The number of fused-ring (bicyclic) bond motifs is 2. The van der Waals surface area contributed by atoms with Gasteiger partial charge in [0.25, 0.3) is 5.91 Å². The summed E-state index contributed by atoms with van der Waals surface area (Å²) in [4.78, 5) is 19.5. The van der Waals surface area contributed by atoms with Crippen molar-refractivity contribution < 1.29 is 14.3 Å². The van der Waals surface area contributed by atoms with E-state index < -0.39 is 0 Å². The Morgan fingerprint density at radius 2 is 1.71 bits per heavy atom. The lowest BCUT2D eigenvalue weighted by atomic mass is 10.0. The number of piperidine rings is 1. The van der Waals surface area contributed by atoms with E-state index in [2.05, 4.69) is 53.8 Å². The average molecular weight is 480 g/mol. The third kappa shape index (κ3) is 3.56. The number of carbonyl (C=O) groups excluding carboxylic acids is 1. The summed E-state index contributed by atoms with van der Waals surface area (Å²) in [5, 5.41) is 3.21. The predicted molar refractivity (Wildman–Crippen MR) is 137 cm³/mol. The van der Waals surface area contributed by atoms with Crippen molar-refractivity contribution in [3.63, 3.8) is 0 Å². The number of thiophene rings is 1. The highest BCUT2D eigenvalue weighted by Gasteiger charge is 2.41. The Balaban J connectivity index is 1.53. The molecule has 180 valence electrons. The number of benzene rings is 1. The minimum absolute atomic E-state index is 0.00529. The number of rotatable bonds is 4. The van der Waals surface area contributed by atoms with Crippen molar-refractivity contribution in [2.45, 2.75) is 58.8 Å². The van der Waals surface area contributed by atoms with E-state index in [0.29, 0.717) is 19.9 Å². The minimum Gasteiger partial charge on any atom is -0.369 e. The summed E-state index contributed by atoms with van der Waals surface area (Å²) in [7, 11) is 0. The van der Waals surface area contributed by atoms with Crippen molar-refractivity contribution >= 4 is 33.1 Å². The lowest BCUT2D eigenvalue weighted by Crippen LogP contribution is -2.32. The van der Waals surface area contributed by atoms with Gasteiger partial charge in [-0.3, -0.25) is 4.79 Å². The third-order valence-corrected chi connectivity index (χ3v) is 8.53. The number of carbonyl (C=O) groups is 1. The third-order valence-electron chi connectivity index (χ3n) is 7.53. The molecule has 5 heterocycles. The first-order chi connectivity index (χ1) is 16.5. The first-order valence-electron chi connectivity index (χ1n) is 12.5. The van der Waals surface area contributed by atoms with Gasteiger partial charge >= 0.3 is 0 Å². The van der Waals surface area contributed by atoms with E-state index in [-0.39, 0.29) is 18.1 Å². The van der Waals surface area contributed by atoms with Crippen LogP contribution in [0.2, 0.25) is 0 Å². The van der Waals surface area contributed by atoms with Gasteiger partial charge in [0.15, 0.2) is 0 Å². The number of hydrogen-bond acceptors (Lipinski definition) is 5. The monoisotopic (exact) mass is 479 g/mol. The van der Waals surface area contributed by atoms with Crippen molar-refractivity contribution in [3.8, 4) is 11.3 Å². The second-order valence-electron chi connectivity index (χ2n) is 9.93. The molecular weight excluding hydrogens is 446 g/mol. The molecule has 0 aliphatic carbocycles. The van der Waals surface area contributed by atoms with Gasteiger partial charge in [-0.2, -0.15) is 0 Å². The van der Waals surface area contributed by atoms with Crippen molar-refractivity contribution in [1.82, 2.24) is 9.47 Å². The second-order valence-corrected chi connectivity index (χ2v) is 10.8. The van der Waals surface area contributed by atoms with Crippen LogP contribution in [0, 0.1) is 13.8 Å². The summed E-state index contributed by atoms with van der Waals surface area (Å²) in [6, 6.07) is 6.82. The van der Waals surface area contributed by atoms with Gasteiger partial charge in [0.2, 0.25) is 0 Å². The molecule has 3 aliphatic rings. The molecule has 1 aromatic carbocycles. The molecule has 2 aromatic heterocycles. The Labute approximate surface area is 205 Å². The summed E-state index contributed by atoms with van der Waals surface area (Å²) in [6.07, 6.45) is 3.68. The molecular formula is C27H33N3O3S. The Hall–Kier alpha value is -2.35. The van der Waals surface area contributed by atoms with Gasteiger partial charge in [0.05, 0.1) is 30.0 Å². The quantitative estimate of drug-likeness (QED) is 0.516. The van der Waals surface area contributed by atoms with E-state index >= 15 is 0 Å². The average Bonchev–Trinajstić information content (AvgIpc) is 3.58. The Bertz CT molecular complexity index is 1210.